The highest BCUT2D eigenvalue weighted by Gasteiger charge is 2.22. The van der Waals surface area contributed by atoms with Crippen LogP contribution >= 0.6 is 39.1 Å². The minimum Gasteiger partial charge on any atom is -0.207 e. The summed E-state index contributed by atoms with van der Waals surface area (Å²) in [6.07, 6.45) is 0. The smallest absolute Gasteiger partial charge is 0.161 e. The number of hydrogen-bond acceptors (Lipinski definition) is 0. The highest BCUT2D eigenvalue weighted by Crippen LogP contribution is 2.40. The average molecular weight is 370 g/mol. The molecule has 19 heavy (non-hydrogen) atoms. The third-order valence-electron chi connectivity index (χ3n) is 2.57. The second kappa shape index (κ2) is 5.73. The van der Waals surface area contributed by atoms with Gasteiger partial charge in [-0.3, -0.25) is 0 Å². The summed E-state index contributed by atoms with van der Waals surface area (Å²) in [5, 5.41) is 0.608. The summed E-state index contributed by atoms with van der Waals surface area (Å²) in [5.74, 6) is -3.26. The lowest BCUT2D eigenvalue weighted by Crippen LogP contribution is -2.01. The van der Waals surface area contributed by atoms with Crippen molar-refractivity contribution in [3.63, 3.8) is 0 Å². The molecule has 1 unspecified atom stereocenters. The molecular formula is C13H6BrCl2F3. The Bertz CT molecular complexity index is 611. The molecule has 0 bridgehead atoms. The van der Waals surface area contributed by atoms with E-state index in [1.54, 1.807) is 18.2 Å². The molecule has 0 fully saturated rings. The lowest BCUT2D eigenvalue weighted by Gasteiger charge is -2.15. The van der Waals surface area contributed by atoms with E-state index in [1.165, 1.54) is 0 Å². The molecule has 100 valence electrons. The molecule has 0 saturated heterocycles. The highest BCUT2D eigenvalue weighted by molar-refractivity contribution is 9.09. The molecule has 0 N–H and O–H groups in total. The Morgan fingerprint density at radius 3 is 2.00 bits per heavy atom. The summed E-state index contributed by atoms with van der Waals surface area (Å²) < 4.78 is 39.8. The fraction of sp³-hybridized carbons (Fsp3) is 0.0769. The van der Waals surface area contributed by atoms with Crippen LogP contribution in [0.2, 0.25) is 10.0 Å². The number of alkyl halides is 1. The molecule has 6 heteroatoms. The van der Waals surface area contributed by atoms with E-state index < -0.39 is 22.3 Å². The molecule has 0 aliphatic carbocycles. The van der Waals surface area contributed by atoms with E-state index in [1.807, 2.05) is 0 Å². The lowest BCUT2D eigenvalue weighted by atomic mass is 10.0. The Kier molecular flexibility index (Phi) is 4.43. The van der Waals surface area contributed by atoms with Gasteiger partial charge in [0, 0.05) is 27.2 Å². The maximum atomic E-state index is 13.7. The van der Waals surface area contributed by atoms with Gasteiger partial charge in [0.05, 0.1) is 4.83 Å². The second-order valence-corrected chi connectivity index (χ2v) is 5.52. The molecule has 1 atom stereocenters. The van der Waals surface area contributed by atoms with E-state index in [0.717, 1.165) is 6.07 Å². The molecule has 2 rings (SSSR count). The second-order valence-electron chi connectivity index (χ2n) is 3.79. The maximum Gasteiger partial charge on any atom is 0.161 e. The van der Waals surface area contributed by atoms with Crippen LogP contribution in [-0.2, 0) is 0 Å². The Morgan fingerprint density at radius 2 is 1.42 bits per heavy atom. The Balaban J connectivity index is 2.56. The Morgan fingerprint density at radius 1 is 0.895 bits per heavy atom. The summed E-state index contributed by atoms with van der Waals surface area (Å²) in [7, 11) is 0. The van der Waals surface area contributed by atoms with Crippen LogP contribution in [0.5, 0.6) is 0 Å². The van der Waals surface area contributed by atoms with Crippen LogP contribution in [0.3, 0.4) is 0 Å². The van der Waals surface area contributed by atoms with Gasteiger partial charge in [-0.2, -0.15) is 0 Å². The summed E-state index contributed by atoms with van der Waals surface area (Å²) in [6, 6.07) is 6.06. The predicted octanol–water partition coefficient (Wildman–Crippen LogP) is 5.90. The van der Waals surface area contributed by atoms with Crippen molar-refractivity contribution in [2.24, 2.45) is 0 Å². The third-order valence-corrected chi connectivity index (χ3v) is 4.18. The molecule has 0 nitrogen and oxygen atoms in total. The monoisotopic (exact) mass is 368 g/mol. The average Bonchev–Trinajstić information content (AvgIpc) is 2.33. The van der Waals surface area contributed by atoms with Crippen LogP contribution in [0.25, 0.3) is 0 Å². The van der Waals surface area contributed by atoms with Crippen LogP contribution < -0.4 is 0 Å². The van der Waals surface area contributed by atoms with E-state index in [9.17, 15) is 13.2 Å². The normalized spacial score (nSPS) is 12.5. The van der Waals surface area contributed by atoms with Gasteiger partial charge in [-0.1, -0.05) is 45.2 Å². The van der Waals surface area contributed by atoms with E-state index in [0.29, 0.717) is 21.7 Å². The molecule has 0 aromatic heterocycles. The molecule has 0 spiro atoms. The summed E-state index contributed by atoms with van der Waals surface area (Å²) in [6.45, 7) is 0. The van der Waals surface area contributed by atoms with Crippen LogP contribution in [-0.4, -0.2) is 0 Å². The zero-order chi connectivity index (χ0) is 14.2. The molecule has 2 aromatic carbocycles. The minimum absolute atomic E-state index is 0.0751. The molecule has 0 heterocycles. The van der Waals surface area contributed by atoms with Crippen molar-refractivity contribution in [3.8, 4) is 0 Å². The van der Waals surface area contributed by atoms with Crippen molar-refractivity contribution in [2.45, 2.75) is 4.83 Å². The first-order valence-corrected chi connectivity index (χ1v) is 6.81. The zero-order valence-corrected chi connectivity index (χ0v) is 12.3. The van der Waals surface area contributed by atoms with Gasteiger partial charge in [0.25, 0.3) is 0 Å². The van der Waals surface area contributed by atoms with E-state index in [4.69, 9.17) is 23.2 Å². The van der Waals surface area contributed by atoms with Crippen molar-refractivity contribution < 1.29 is 13.2 Å². The molecule has 0 amide bonds. The quantitative estimate of drug-likeness (QED) is 0.457. The SMILES string of the molecule is Fc1cc(F)c(C(Br)c2c(Cl)cccc2Cl)cc1F. The molecule has 0 saturated carbocycles. The minimum atomic E-state index is -1.24. The van der Waals surface area contributed by atoms with Crippen molar-refractivity contribution in [3.05, 3.63) is 69.0 Å². The molecule has 0 aliphatic rings. The van der Waals surface area contributed by atoms with Gasteiger partial charge in [0.15, 0.2) is 11.6 Å². The van der Waals surface area contributed by atoms with Gasteiger partial charge < -0.3 is 0 Å². The first-order valence-electron chi connectivity index (χ1n) is 5.14. The van der Waals surface area contributed by atoms with Gasteiger partial charge in [0.2, 0.25) is 0 Å². The largest absolute Gasteiger partial charge is 0.207 e. The van der Waals surface area contributed by atoms with Crippen molar-refractivity contribution >= 4 is 39.1 Å². The maximum absolute atomic E-state index is 13.7. The number of halogens is 6. The Labute approximate surface area is 126 Å². The van der Waals surface area contributed by atoms with Crippen molar-refractivity contribution in [1.29, 1.82) is 0 Å². The number of hydrogen-bond donors (Lipinski definition) is 0. The number of benzene rings is 2. The summed E-state index contributed by atoms with van der Waals surface area (Å²) in [5.41, 5.74) is 0.324. The van der Waals surface area contributed by atoms with Crippen molar-refractivity contribution in [2.75, 3.05) is 0 Å². The number of rotatable bonds is 2. The fourth-order valence-corrected chi connectivity index (χ4v) is 3.36. The molecular weight excluding hydrogens is 364 g/mol. The third kappa shape index (κ3) is 2.91. The topological polar surface area (TPSA) is 0 Å². The molecule has 2 aromatic rings. The van der Waals surface area contributed by atoms with Crippen molar-refractivity contribution in [1.82, 2.24) is 0 Å². The van der Waals surface area contributed by atoms with Gasteiger partial charge in [-0.05, 0) is 18.2 Å². The van der Waals surface area contributed by atoms with Gasteiger partial charge in [-0.25, -0.2) is 13.2 Å². The summed E-state index contributed by atoms with van der Waals surface area (Å²) in [4.78, 5) is -0.774. The van der Waals surface area contributed by atoms with Gasteiger partial charge >= 0.3 is 0 Å². The predicted molar refractivity (Wildman–Crippen MR) is 73.5 cm³/mol. The first-order chi connectivity index (χ1) is 8.91. The lowest BCUT2D eigenvalue weighted by molar-refractivity contribution is 0.491. The molecule has 0 aliphatic heterocycles. The van der Waals surface area contributed by atoms with E-state index in [-0.39, 0.29) is 5.56 Å². The first kappa shape index (κ1) is 14.7. The summed E-state index contributed by atoms with van der Waals surface area (Å²) >= 11 is 15.2. The van der Waals surface area contributed by atoms with Crippen LogP contribution in [0.15, 0.2) is 30.3 Å². The van der Waals surface area contributed by atoms with E-state index >= 15 is 0 Å². The van der Waals surface area contributed by atoms with Crippen LogP contribution in [0, 0.1) is 17.5 Å². The highest BCUT2D eigenvalue weighted by atomic mass is 79.9. The Hall–Kier alpha value is -0.710. The zero-order valence-electron chi connectivity index (χ0n) is 9.23. The fourth-order valence-electron chi connectivity index (χ4n) is 1.64. The van der Waals surface area contributed by atoms with Gasteiger partial charge in [-0.15, -0.1) is 0 Å². The van der Waals surface area contributed by atoms with E-state index in [2.05, 4.69) is 15.9 Å². The standard InChI is InChI=1S/C13H6BrCl2F3/c14-13(12-7(15)2-1-3-8(12)16)6-4-10(18)11(19)5-9(6)17/h1-5,13H. The molecule has 0 radical (unpaired) electrons. The van der Waals surface area contributed by atoms with Crippen LogP contribution in [0.1, 0.15) is 16.0 Å². The van der Waals surface area contributed by atoms with Crippen LogP contribution in [0.4, 0.5) is 13.2 Å². The van der Waals surface area contributed by atoms with Gasteiger partial charge in [0.1, 0.15) is 5.82 Å².